The van der Waals surface area contributed by atoms with Crippen LogP contribution in [0, 0.1) is 11.3 Å². The first kappa shape index (κ1) is 20.0. The van der Waals surface area contributed by atoms with Crippen LogP contribution in [0.4, 0.5) is 11.4 Å². The summed E-state index contributed by atoms with van der Waals surface area (Å²) in [7, 11) is 0. The Kier molecular flexibility index (Phi) is 5.56. The number of fused-ring (bicyclic) bond motifs is 1. The van der Waals surface area contributed by atoms with Crippen molar-refractivity contribution in [2.75, 3.05) is 10.6 Å². The molecule has 0 aliphatic heterocycles. The molecule has 5 heteroatoms. The first-order chi connectivity index (χ1) is 13.8. The number of hydrogen-bond acceptors (Lipinski definition) is 4. The molecule has 0 saturated carbocycles. The fourth-order valence-electron chi connectivity index (χ4n) is 2.96. The fraction of sp³-hybridized carbons (Fsp3) is 0.167. The Hall–Kier alpha value is -3.78. The molecule has 0 fully saturated rings. The largest absolute Gasteiger partial charge is 0.507 e. The summed E-state index contributed by atoms with van der Waals surface area (Å²) in [5.74, 6) is -0.392. The minimum atomic E-state index is -0.526. The number of nitrogens with one attached hydrogen (secondary N) is 2. The van der Waals surface area contributed by atoms with Crippen molar-refractivity contribution in [3.63, 3.8) is 0 Å². The summed E-state index contributed by atoms with van der Waals surface area (Å²) < 4.78 is 0. The van der Waals surface area contributed by atoms with Crippen molar-refractivity contribution in [2.45, 2.75) is 26.2 Å². The molecule has 1 amide bonds. The number of nitriles is 1. The monoisotopic (exact) mass is 385 g/mol. The Morgan fingerprint density at radius 2 is 1.66 bits per heavy atom. The summed E-state index contributed by atoms with van der Waals surface area (Å²) in [6, 6.07) is 20.1. The lowest BCUT2D eigenvalue weighted by Gasteiger charge is -2.19. The SMILES string of the molecule is CC(C)(C)c1ccc(N/C=C(/C#N)C(=O)Nc2cccc3c(O)cccc23)cc1. The molecule has 146 valence electrons. The van der Waals surface area contributed by atoms with Gasteiger partial charge in [-0.25, -0.2) is 0 Å². The Morgan fingerprint density at radius 3 is 2.31 bits per heavy atom. The second-order valence-corrected chi connectivity index (χ2v) is 7.77. The van der Waals surface area contributed by atoms with E-state index in [-0.39, 0.29) is 16.7 Å². The van der Waals surface area contributed by atoms with E-state index >= 15 is 0 Å². The second-order valence-electron chi connectivity index (χ2n) is 7.77. The summed E-state index contributed by atoms with van der Waals surface area (Å²) in [5, 5.41) is 26.5. The average molecular weight is 385 g/mol. The van der Waals surface area contributed by atoms with Crippen molar-refractivity contribution in [3.8, 4) is 11.8 Å². The molecule has 0 bridgehead atoms. The van der Waals surface area contributed by atoms with Crippen molar-refractivity contribution in [2.24, 2.45) is 0 Å². The van der Waals surface area contributed by atoms with Crippen LogP contribution < -0.4 is 10.6 Å². The molecule has 5 nitrogen and oxygen atoms in total. The van der Waals surface area contributed by atoms with Gasteiger partial charge in [-0.3, -0.25) is 4.79 Å². The van der Waals surface area contributed by atoms with Crippen LogP contribution in [0.15, 0.2) is 72.4 Å². The maximum atomic E-state index is 12.6. The van der Waals surface area contributed by atoms with Crippen molar-refractivity contribution in [1.82, 2.24) is 0 Å². The molecule has 0 aliphatic carbocycles. The molecule has 0 aliphatic rings. The van der Waals surface area contributed by atoms with E-state index < -0.39 is 5.91 Å². The molecule has 29 heavy (non-hydrogen) atoms. The molecule has 0 radical (unpaired) electrons. The van der Waals surface area contributed by atoms with Gasteiger partial charge in [-0.15, -0.1) is 0 Å². The maximum absolute atomic E-state index is 12.6. The number of rotatable bonds is 4. The zero-order chi connectivity index (χ0) is 21.0. The van der Waals surface area contributed by atoms with Crippen LogP contribution in [0.3, 0.4) is 0 Å². The topological polar surface area (TPSA) is 85.2 Å². The summed E-state index contributed by atoms with van der Waals surface area (Å²) in [6.07, 6.45) is 1.39. The number of phenols is 1. The summed E-state index contributed by atoms with van der Waals surface area (Å²) in [4.78, 5) is 12.6. The van der Waals surface area contributed by atoms with Gasteiger partial charge < -0.3 is 15.7 Å². The molecule has 0 spiro atoms. The smallest absolute Gasteiger partial charge is 0.267 e. The van der Waals surface area contributed by atoms with Gasteiger partial charge >= 0.3 is 0 Å². The van der Waals surface area contributed by atoms with Crippen LogP contribution in [0.1, 0.15) is 26.3 Å². The van der Waals surface area contributed by atoms with E-state index in [1.165, 1.54) is 11.8 Å². The van der Waals surface area contributed by atoms with Crippen molar-refractivity contribution >= 4 is 28.1 Å². The van der Waals surface area contributed by atoms with Gasteiger partial charge in [0.05, 0.1) is 0 Å². The lowest BCUT2D eigenvalue weighted by Crippen LogP contribution is -2.15. The third-order valence-electron chi connectivity index (χ3n) is 4.65. The average Bonchev–Trinajstić information content (AvgIpc) is 2.69. The third kappa shape index (κ3) is 4.56. The highest BCUT2D eigenvalue weighted by Gasteiger charge is 2.14. The highest BCUT2D eigenvalue weighted by atomic mass is 16.3. The van der Waals surface area contributed by atoms with Gasteiger partial charge in [-0.05, 0) is 35.2 Å². The van der Waals surface area contributed by atoms with Gasteiger partial charge in [0.2, 0.25) is 0 Å². The van der Waals surface area contributed by atoms with Gasteiger partial charge in [0.25, 0.3) is 5.91 Å². The van der Waals surface area contributed by atoms with E-state index in [1.807, 2.05) is 30.3 Å². The zero-order valence-corrected chi connectivity index (χ0v) is 16.7. The quantitative estimate of drug-likeness (QED) is 0.420. The van der Waals surface area contributed by atoms with Gasteiger partial charge in [0.15, 0.2) is 0 Å². The van der Waals surface area contributed by atoms with E-state index in [9.17, 15) is 15.2 Å². The number of phenolic OH excluding ortho intramolecular Hbond substituents is 1. The predicted molar refractivity (Wildman–Crippen MR) is 117 cm³/mol. The lowest BCUT2D eigenvalue weighted by atomic mass is 9.87. The normalized spacial score (nSPS) is 11.7. The van der Waals surface area contributed by atoms with E-state index in [1.54, 1.807) is 36.4 Å². The van der Waals surface area contributed by atoms with Gasteiger partial charge in [-0.1, -0.05) is 57.2 Å². The Morgan fingerprint density at radius 1 is 1.00 bits per heavy atom. The number of carbonyl (C=O) groups excluding carboxylic acids is 1. The number of aromatic hydroxyl groups is 1. The van der Waals surface area contributed by atoms with E-state index in [2.05, 4.69) is 31.4 Å². The van der Waals surface area contributed by atoms with Crippen LogP contribution in [-0.4, -0.2) is 11.0 Å². The van der Waals surface area contributed by atoms with E-state index in [0.717, 1.165) is 5.69 Å². The molecular formula is C24H23N3O2. The van der Waals surface area contributed by atoms with Gasteiger partial charge in [0.1, 0.15) is 17.4 Å². The number of benzene rings is 3. The van der Waals surface area contributed by atoms with Crippen LogP contribution in [0.25, 0.3) is 10.8 Å². The van der Waals surface area contributed by atoms with Crippen molar-refractivity contribution in [3.05, 3.63) is 78.0 Å². The molecule has 0 heterocycles. The van der Waals surface area contributed by atoms with Crippen LogP contribution >= 0.6 is 0 Å². The van der Waals surface area contributed by atoms with E-state index in [4.69, 9.17) is 0 Å². The molecule has 3 N–H and O–H groups in total. The fourth-order valence-corrected chi connectivity index (χ4v) is 2.96. The number of nitrogens with zero attached hydrogens (tertiary/aromatic N) is 1. The first-order valence-electron chi connectivity index (χ1n) is 9.29. The van der Waals surface area contributed by atoms with Gasteiger partial charge in [0, 0.05) is 28.3 Å². The Balaban J connectivity index is 1.78. The zero-order valence-electron chi connectivity index (χ0n) is 16.7. The van der Waals surface area contributed by atoms with Crippen LogP contribution in [0.2, 0.25) is 0 Å². The molecular weight excluding hydrogens is 362 g/mol. The maximum Gasteiger partial charge on any atom is 0.267 e. The molecule has 3 aromatic carbocycles. The third-order valence-corrected chi connectivity index (χ3v) is 4.65. The number of amides is 1. The molecule has 0 atom stereocenters. The number of hydrogen-bond donors (Lipinski definition) is 3. The molecule has 3 aromatic rings. The van der Waals surface area contributed by atoms with Gasteiger partial charge in [-0.2, -0.15) is 5.26 Å². The Bertz CT molecular complexity index is 1120. The Labute approximate surface area is 170 Å². The van der Waals surface area contributed by atoms with Crippen LogP contribution in [0.5, 0.6) is 5.75 Å². The highest BCUT2D eigenvalue weighted by molar-refractivity contribution is 6.11. The molecule has 0 unspecified atom stereocenters. The first-order valence-corrected chi connectivity index (χ1v) is 9.29. The highest BCUT2D eigenvalue weighted by Crippen LogP contribution is 2.30. The molecule has 0 aromatic heterocycles. The predicted octanol–water partition coefficient (Wildman–Crippen LogP) is 5.30. The van der Waals surface area contributed by atoms with Crippen LogP contribution in [-0.2, 0) is 10.2 Å². The summed E-state index contributed by atoms with van der Waals surface area (Å²) >= 11 is 0. The van der Waals surface area contributed by atoms with E-state index in [0.29, 0.717) is 16.5 Å². The van der Waals surface area contributed by atoms with Crippen molar-refractivity contribution < 1.29 is 9.90 Å². The lowest BCUT2D eigenvalue weighted by molar-refractivity contribution is -0.112. The molecule has 3 rings (SSSR count). The summed E-state index contributed by atoms with van der Waals surface area (Å²) in [5.41, 5.74) is 2.51. The minimum Gasteiger partial charge on any atom is -0.507 e. The minimum absolute atomic E-state index is 0.0537. The molecule has 0 saturated heterocycles. The number of carbonyl (C=O) groups is 1. The van der Waals surface area contributed by atoms with Crippen molar-refractivity contribution in [1.29, 1.82) is 5.26 Å². The number of anilines is 2. The summed E-state index contributed by atoms with van der Waals surface area (Å²) in [6.45, 7) is 6.42. The second kappa shape index (κ2) is 8.07. The standard InChI is InChI=1S/C24H23N3O2/c1-24(2,3)17-10-12-18(13-11-17)26-15-16(14-25)23(29)27-21-8-4-7-20-19(21)6-5-9-22(20)28/h4-13,15,26,28H,1-3H3,(H,27,29)/b16-15-.